The highest BCUT2D eigenvalue weighted by atomic mass is 16.5. The first kappa shape index (κ1) is 24.2. The van der Waals surface area contributed by atoms with Gasteiger partial charge in [0, 0.05) is 31.9 Å². The topological polar surface area (TPSA) is 61.9 Å². The standard InChI is InChI=1S/C28H35N3O3/c1-19-6-11-23(20(2)18-19)24-25(29-22-9-7-21(8-10-22)28(3,4)5)27(33)31(26(24)32)13-12-30-14-16-34-17-15-30/h6-11,18,29H,12-17H2,1-5H3. The van der Waals surface area contributed by atoms with Crippen molar-refractivity contribution in [3.8, 4) is 0 Å². The zero-order chi connectivity index (χ0) is 24.5. The van der Waals surface area contributed by atoms with Crippen LogP contribution in [0.1, 0.15) is 43.0 Å². The lowest BCUT2D eigenvalue weighted by atomic mass is 9.87. The molecule has 4 rings (SSSR count). The summed E-state index contributed by atoms with van der Waals surface area (Å²) in [5, 5.41) is 3.29. The quantitative estimate of drug-likeness (QED) is 0.656. The van der Waals surface area contributed by atoms with E-state index in [1.807, 2.05) is 44.2 Å². The lowest BCUT2D eigenvalue weighted by Crippen LogP contribution is -2.43. The molecule has 0 spiro atoms. The zero-order valence-corrected chi connectivity index (χ0v) is 20.9. The van der Waals surface area contributed by atoms with Gasteiger partial charge in [-0.25, -0.2) is 0 Å². The molecule has 2 aliphatic rings. The van der Waals surface area contributed by atoms with Crippen LogP contribution in [0.2, 0.25) is 0 Å². The lowest BCUT2D eigenvalue weighted by molar-refractivity contribution is -0.137. The third kappa shape index (κ3) is 5.08. The Bertz CT molecular complexity index is 1110. The largest absolute Gasteiger partial charge is 0.379 e. The predicted octanol–water partition coefficient (Wildman–Crippen LogP) is 4.13. The number of ether oxygens (including phenoxy) is 1. The van der Waals surface area contributed by atoms with Gasteiger partial charge in [-0.05, 0) is 48.1 Å². The summed E-state index contributed by atoms with van der Waals surface area (Å²) in [7, 11) is 0. The number of nitrogens with zero attached hydrogens (tertiary/aromatic N) is 2. The highest BCUT2D eigenvalue weighted by Gasteiger charge is 2.39. The smallest absolute Gasteiger partial charge is 0.278 e. The number of carbonyl (C=O) groups is 2. The van der Waals surface area contributed by atoms with E-state index in [0.29, 0.717) is 37.6 Å². The van der Waals surface area contributed by atoms with Crippen molar-refractivity contribution in [3.63, 3.8) is 0 Å². The van der Waals surface area contributed by atoms with E-state index in [0.717, 1.165) is 35.5 Å². The second-order valence-corrected chi connectivity index (χ2v) is 10.2. The molecule has 6 nitrogen and oxygen atoms in total. The Kier molecular flexibility index (Phi) is 6.91. The number of benzene rings is 2. The van der Waals surface area contributed by atoms with Gasteiger partial charge in [-0.2, -0.15) is 0 Å². The van der Waals surface area contributed by atoms with Gasteiger partial charge in [0.05, 0.1) is 18.8 Å². The Morgan fingerprint density at radius 1 is 0.912 bits per heavy atom. The molecule has 180 valence electrons. The van der Waals surface area contributed by atoms with Crippen molar-refractivity contribution in [2.24, 2.45) is 0 Å². The van der Waals surface area contributed by atoms with Crippen molar-refractivity contribution >= 4 is 23.1 Å². The summed E-state index contributed by atoms with van der Waals surface area (Å²) in [4.78, 5) is 30.7. The molecule has 1 fully saturated rings. The number of anilines is 1. The summed E-state index contributed by atoms with van der Waals surface area (Å²) in [5.41, 5.74) is 5.74. The Balaban J connectivity index is 1.65. The number of nitrogens with one attached hydrogen (secondary N) is 1. The maximum absolute atomic E-state index is 13.6. The molecular formula is C28H35N3O3. The Hall–Kier alpha value is -2.96. The van der Waals surface area contributed by atoms with E-state index >= 15 is 0 Å². The molecule has 0 aliphatic carbocycles. The van der Waals surface area contributed by atoms with Crippen LogP contribution in [-0.2, 0) is 19.7 Å². The number of rotatable bonds is 6. The minimum absolute atomic E-state index is 0.0391. The molecule has 2 amide bonds. The predicted molar refractivity (Wildman–Crippen MR) is 136 cm³/mol. The number of morpholine rings is 1. The molecule has 34 heavy (non-hydrogen) atoms. The molecule has 2 aromatic rings. The first-order chi connectivity index (χ1) is 16.1. The normalized spacial score (nSPS) is 17.6. The number of imide groups is 1. The second-order valence-electron chi connectivity index (χ2n) is 10.2. The number of carbonyl (C=O) groups excluding carboxylic acids is 2. The second kappa shape index (κ2) is 9.72. The van der Waals surface area contributed by atoms with Crippen molar-refractivity contribution in [1.82, 2.24) is 9.80 Å². The summed E-state index contributed by atoms with van der Waals surface area (Å²) in [5.74, 6) is -0.507. The van der Waals surface area contributed by atoms with Gasteiger partial charge in [0.25, 0.3) is 11.8 Å². The van der Waals surface area contributed by atoms with Gasteiger partial charge in [0.2, 0.25) is 0 Å². The van der Waals surface area contributed by atoms with Crippen molar-refractivity contribution in [2.45, 2.75) is 40.0 Å². The molecule has 6 heteroatoms. The van der Waals surface area contributed by atoms with Crippen LogP contribution in [-0.4, -0.2) is 61.0 Å². The van der Waals surface area contributed by atoms with E-state index in [-0.39, 0.29) is 17.2 Å². The molecule has 0 atom stereocenters. The molecule has 2 aliphatic heterocycles. The van der Waals surface area contributed by atoms with E-state index in [1.165, 1.54) is 10.5 Å². The van der Waals surface area contributed by atoms with E-state index < -0.39 is 0 Å². The third-order valence-corrected chi connectivity index (χ3v) is 6.58. The van der Waals surface area contributed by atoms with Crippen molar-refractivity contribution in [2.75, 3.05) is 44.7 Å². The summed E-state index contributed by atoms with van der Waals surface area (Å²) in [6.45, 7) is 14.5. The number of aryl methyl sites for hydroxylation is 2. The molecule has 0 unspecified atom stereocenters. The van der Waals surface area contributed by atoms with Crippen molar-refractivity contribution < 1.29 is 14.3 Å². The van der Waals surface area contributed by atoms with Gasteiger partial charge in [0.15, 0.2) is 0 Å². The monoisotopic (exact) mass is 461 g/mol. The van der Waals surface area contributed by atoms with Crippen LogP contribution in [0.4, 0.5) is 5.69 Å². The molecular weight excluding hydrogens is 426 g/mol. The average molecular weight is 462 g/mol. The van der Waals surface area contributed by atoms with Crippen LogP contribution in [0.25, 0.3) is 5.57 Å². The van der Waals surface area contributed by atoms with Crippen LogP contribution < -0.4 is 5.32 Å². The highest BCUT2D eigenvalue weighted by Crippen LogP contribution is 2.33. The van der Waals surface area contributed by atoms with E-state index in [2.05, 4.69) is 43.1 Å². The fraction of sp³-hybridized carbons (Fsp3) is 0.429. The zero-order valence-electron chi connectivity index (χ0n) is 20.9. The minimum atomic E-state index is -0.270. The van der Waals surface area contributed by atoms with Crippen molar-refractivity contribution in [3.05, 3.63) is 70.4 Å². The molecule has 1 N–H and O–H groups in total. The van der Waals surface area contributed by atoms with Gasteiger partial charge in [-0.1, -0.05) is 56.7 Å². The van der Waals surface area contributed by atoms with Crippen LogP contribution in [0.3, 0.4) is 0 Å². The van der Waals surface area contributed by atoms with E-state index in [4.69, 9.17) is 4.74 Å². The van der Waals surface area contributed by atoms with Crippen LogP contribution in [0, 0.1) is 13.8 Å². The molecule has 0 saturated carbocycles. The van der Waals surface area contributed by atoms with Gasteiger partial charge in [0.1, 0.15) is 5.70 Å². The van der Waals surface area contributed by atoms with Crippen molar-refractivity contribution in [1.29, 1.82) is 0 Å². The Morgan fingerprint density at radius 2 is 1.59 bits per heavy atom. The average Bonchev–Trinajstić information content (AvgIpc) is 3.02. The van der Waals surface area contributed by atoms with E-state index in [1.54, 1.807) is 0 Å². The van der Waals surface area contributed by atoms with Gasteiger partial charge in [-0.3, -0.25) is 19.4 Å². The van der Waals surface area contributed by atoms with Gasteiger partial charge in [-0.15, -0.1) is 0 Å². The first-order valence-corrected chi connectivity index (χ1v) is 12.0. The fourth-order valence-electron chi connectivity index (χ4n) is 4.50. The Morgan fingerprint density at radius 3 is 2.21 bits per heavy atom. The fourth-order valence-corrected chi connectivity index (χ4v) is 4.50. The van der Waals surface area contributed by atoms with Gasteiger partial charge >= 0.3 is 0 Å². The molecule has 2 heterocycles. The SMILES string of the molecule is Cc1ccc(C2=C(Nc3ccc(C(C)(C)C)cc3)C(=O)N(CCN3CCOCC3)C2=O)c(C)c1. The third-order valence-electron chi connectivity index (χ3n) is 6.58. The molecule has 0 bridgehead atoms. The van der Waals surface area contributed by atoms with Crippen LogP contribution in [0.5, 0.6) is 0 Å². The van der Waals surface area contributed by atoms with E-state index in [9.17, 15) is 9.59 Å². The molecule has 0 aromatic heterocycles. The lowest BCUT2D eigenvalue weighted by Gasteiger charge is -2.28. The van der Waals surface area contributed by atoms with Gasteiger partial charge < -0.3 is 10.1 Å². The molecule has 0 radical (unpaired) electrons. The Labute approximate surface area is 202 Å². The van der Waals surface area contributed by atoms with Crippen LogP contribution in [0.15, 0.2) is 48.2 Å². The summed E-state index contributed by atoms with van der Waals surface area (Å²) in [6.07, 6.45) is 0. The minimum Gasteiger partial charge on any atom is -0.379 e. The number of hydrogen-bond acceptors (Lipinski definition) is 5. The highest BCUT2D eigenvalue weighted by molar-refractivity contribution is 6.36. The van der Waals surface area contributed by atoms with Crippen LogP contribution >= 0.6 is 0 Å². The maximum atomic E-state index is 13.6. The molecule has 1 saturated heterocycles. The first-order valence-electron chi connectivity index (χ1n) is 12.0. The maximum Gasteiger partial charge on any atom is 0.278 e. The summed E-state index contributed by atoms with van der Waals surface area (Å²) >= 11 is 0. The molecule has 2 aromatic carbocycles. The summed E-state index contributed by atoms with van der Waals surface area (Å²) in [6, 6.07) is 14.1. The number of hydrogen-bond donors (Lipinski definition) is 1. The number of amides is 2. The summed E-state index contributed by atoms with van der Waals surface area (Å²) < 4.78 is 5.42.